The average molecular weight is 424 g/mol. The maximum atomic E-state index is 14.7. The highest BCUT2D eigenvalue weighted by Gasteiger charge is 2.62. The van der Waals surface area contributed by atoms with Crippen molar-refractivity contribution >= 4 is 17.7 Å². The van der Waals surface area contributed by atoms with Crippen molar-refractivity contribution in [2.75, 3.05) is 11.1 Å². The Morgan fingerprint density at radius 2 is 2.19 bits per heavy atom. The lowest BCUT2D eigenvalue weighted by Crippen LogP contribution is -2.70. The van der Waals surface area contributed by atoms with Crippen molar-refractivity contribution in [1.82, 2.24) is 30.2 Å². The van der Waals surface area contributed by atoms with Gasteiger partial charge in [-0.25, -0.2) is 14.2 Å². The van der Waals surface area contributed by atoms with Gasteiger partial charge in [-0.2, -0.15) is 10.1 Å². The number of aryl methyl sites for hydroxylation is 1. The Bertz CT molecular complexity index is 1150. The Morgan fingerprint density at radius 1 is 1.35 bits per heavy atom. The predicted molar refractivity (Wildman–Crippen MR) is 108 cm³/mol. The van der Waals surface area contributed by atoms with Crippen LogP contribution < -0.4 is 11.1 Å². The van der Waals surface area contributed by atoms with Crippen LogP contribution in [0.15, 0.2) is 29.0 Å². The van der Waals surface area contributed by atoms with Crippen LogP contribution in [0, 0.1) is 18.7 Å². The molecule has 0 spiro atoms. The molecule has 2 aliphatic heterocycles. The van der Waals surface area contributed by atoms with Crippen molar-refractivity contribution in [1.29, 1.82) is 0 Å². The fraction of sp³-hybridized carbons (Fsp3) is 0.400. The fourth-order valence-corrected chi connectivity index (χ4v) is 4.93. The van der Waals surface area contributed by atoms with Crippen LogP contribution in [-0.4, -0.2) is 42.3 Å². The molecule has 10 nitrogen and oxygen atoms in total. The molecule has 0 saturated carbocycles. The monoisotopic (exact) mass is 424 g/mol. The van der Waals surface area contributed by atoms with Gasteiger partial charge in [-0.3, -0.25) is 0 Å². The molecule has 5 rings (SSSR count). The molecule has 2 saturated heterocycles. The molecule has 2 bridgehead atoms. The van der Waals surface area contributed by atoms with Gasteiger partial charge in [0.1, 0.15) is 11.4 Å². The van der Waals surface area contributed by atoms with Gasteiger partial charge in [-0.05, 0) is 48.5 Å². The third-order valence-corrected chi connectivity index (χ3v) is 6.10. The van der Waals surface area contributed by atoms with E-state index in [1.807, 2.05) is 0 Å². The first-order valence-corrected chi connectivity index (χ1v) is 10.0. The Labute approximate surface area is 177 Å². The zero-order chi connectivity index (χ0) is 21.8. The molecule has 160 valence electrons. The van der Waals surface area contributed by atoms with Crippen LogP contribution in [0.4, 0.5) is 20.8 Å². The van der Waals surface area contributed by atoms with Gasteiger partial charge >= 0.3 is 6.03 Å². The summed E-state index contributed by atoms with van der Waals surface area (Å²) in [6.07, 6.45) is 5.19. The molecule has 3 N–H and O–H groups in total. The van der Waals surface area contributed by atoms with Crippen LogP contribution >= 0.6 is 0 Å². The maximum absolute atomic E-state index is 14.7. The first-order chi connectivity index (χ1) is 14.9. The van der Waals surface area contributed by atoms with Gasteiger partial charge in [0, 0.05) is 24.2 Å². The molecular weight excluding hydrogens is 403 g/mol. The summed E-state index contributed by atoms with van der Waals surface area (Å²) in [5.74, 6) is 0.520. The normalized spacial score (nSPS) is 24.5. The predicted octanol–water partition coefficient (Wildman–Crippen LogP) is 2.88. The van der Waals surface area contributed by atoms with Crippen LogP contribution in [-0.2, 0) is 5.54 Å². The minimum absolute atomic E-state index is 0.00603. The van der Waals surface area contributed by atoms with E-state index in [0.717, 1.165) is 6.42 Å². The summed E-state index contributed by atoms with van der Waals surface area (Å²) in [4.78, 5) is 23.3. The number of halogens is 1. The molecule has 0 aliphatic carbocycles. The number of amides is 2. The number of carbonyl (C=O) groups excluding carboxylic acids is 1. The molecule has 11 heteroatoms. The van der Waals surface area contributed by atoms with Crippen molar-refractivity contribution in [3.8, 4) is 11.4 Å². The third kappa shape index (κ3) is 3.07. The lowest BCUT2D eigenvalue weighted by Gasteiger charge is -2.61. The minimum atomic E-state index is -0.729. The molecule has 3 aromatic rings. The van der Waals surface area contributed by atoms with Crippen LogP contribution in [0.3, 0.4) is 0 Å². The largest absolute Gasteiger partial charge is 0.365 e. The van der Waals surface area contributed by atoms with Crippen molar-refractivity contribution in [2.45, 2.75) is 44.7 Å². The molecule has 2 amide bonds. The molecule has 2 fully saturated rings. The highest BCUT2D eigenvalue weighted by molar-refractivity contribution is 5.92. The molecule has 3 unspecified atom stereocenters. The SMILES string of the molecule is Cc1cc(F)c(NC(=O)N2C3CC(C)CC2(c2nc(N)no2)C3)cc1-c1nccnn1. The Kier molecular flexibility index (Phi) is 4.34. The van der Waals surface area contributed by atoms with Gasteiger partial charge < -0.3 is 20.5 Å². The second kappa shape index (κ2) is 6.96. The number of hydrogen-bond acceptors (Lipinski definition) is 8. The second-order valence-electron chi connectivity index (χ2n) is 8.31. The molecule has 31 heavy (non-hydrogen) atoms. The van der Waals surface area contributed by atoms with Crippen LogP contribution in [0.1, 0.15) is 37.6 Å². The number of rotatable bonds is 3. The number of hydrogen-bond donors (Lipinski definition) is 2. The summed E-state index contributed by atoms with van der Waals surface area (Å²) in [5.41, 5.74) is 6.18. The van der Waals surface area contributed by atoms with E-state index in [1.165, 1.54) is 24.5 Å². The number of urea groups is 1. The number of benzene rings is 1. The molecular formula is C20H21FN8O2. The lowest BCUT2D eigenvalue weighted by atomic mass is 9.64. The van der Waals surface area contributed by atoms with Crippen molar-refractivity contribution in [3.05, 3.63) is 41.8 Å². The van der Waals surface area contributed by atoms with Crippen LogP contribution in [0.5, 0.6) is 0 Å². The average Bonchev–Trinajstić information content (AvgIpc) is 3.17. The number of aromatic nitrogens is 5. The van der Waals surface area contributed by atoms with Gasteiger partial charge in [-0.1, -0.05) is 6.92 Å². The van der Waals surface area contributed by atoms with Gasteiger partial charge in [0.05, 0.1) is 11.9 Å². The molecule has 2 aliphatic rings. The Balaban J connectivity index is 1.46. The molecule has 4 heterocycles. The van der Waals surface area contributed by atoms with Crippen molar-refractivity contribution in [2.24, 2.45) is 5.92 Å². The maximum Gasteiger partial charge on any atom is 0.323 e. The van der Waals surface area contributed by atoms with Crippen LogP contribution in [0.25, 0.3) is 11.4 Å². The number of nitrogens with zero attached hydrogens (tertiary/aromatic N) is 6. The highest BCUT2D eigenvalue weighted by Crippen LogP contribution is 2.55. The van der Waals surface area contributed by atoms with E-state index >= 15 is 0 Å². The number of piperidine rings is 1. The summed E-state index contributed by atoms with van der Waals surface area (Å²) >= 11 is 0. The number of nitrogens with two attached hydrogens (primary N) is 1. The van der Waals surface area contributed by atoms with Crippen LogP contribution in [0.2, 0.25) is 0 Å². The standard InChI is InChI=1S/C20H21FN8O2/c1-10-5-12-9-20(8-10,17-26-18(22)28-31-17)29(12)19(30)25-15-7-13(11(2)6-14(15)21)16-23-3-4-24-27-16/h3-4,6-7,10,12H,5,8-9H2,1-2H3,(H2,22,28)(H,25,30). The van der Waals surface area contributed by atoms with Gasteiger partial charge in [0.25, 0.3) is 11.8 Å². The smallest absolute Gasteiger partial charge is 0.323 e. The number of carbonyl (C=O) groups is 1. The first kappa shape index (κ1) is 19.3. The van der Waals surface area contributed by atoms with Crippen molar-refractivity contribution in [3.63, 3.8) is 0 Å². The first-order valence-electron chi connectivity index (χ1n) is 10.0. The zero-order valence-corrected chi connectivity index (χ0v) is 17.0. The second-order valence-corrected chi connectivity index (χ2v) is 8.31. The summed E-state index contributed by atoms with van der Waals surface area (Å²) in [6.45, 7) is 3.87. The van der Waals surface area contributed by atoms with E-state index in [2.05, 4.69) is 37.6 Å². The highest BCUT2D eigenvalue weighted by atomic mass is 19.1. The van der Waals surface area contributed by atoms with Gasteiger partial charge in [-0.15, -0.1) is 5.10 Å². The van der Waals surface area contributed by atoms with E-state index in [4.69, 9.17) is 10.3 Å². The molecule has 0 radical (unpaired) electrons. The third-order valence-electron chi connectivity index (χ3n) is 6.10. The summed E-state index contributed by atoms with van der Waals surface area (Å²) in [5, 5.41) is 14.2. The number of fused-ring (bicyclic) bond motifs is 2. The molecule has 2 aromatic heterocycles. The Morgan fingerprint density at radius 3 is 2.90 bits per heavy atom. The summed E-state index contributed by atoms with van der Waals surface area (Å²) in [7, 11) is 0. The van der Waals surface area contributed by atoms with Gasteiger partial charge in [0.2, 0.25) is 0 Å². The van der Waals surface area contributed by atoms with E-state index < -0.39 is 17.4 Å². The molecule has 3 atom stereocenters. The van der Waals surface area contributed by atoms with E-state index in [-0.39, 0.29) is 17.7 Å². The summed E-state index contributed by atoms with van der Waals surface area (Å²) in [6, 6.07) is 2.44. The fourth-order valence-electron chi connectivity index (χ4n) is 4.93. The van der Waals surface area contributed by atoms with E-state index in [9.17, 15) is 9.18 Å². The van der Waals surface area contributed by atoms with E-state index in [0.29, 0.717) is 41.6 Å². The number of nitrogen functional groups attached to an aromatic ring is 1. The van der Waals surface area contributed by atoms with Gasteiger partial charge in [0.15, 0.2) is 5.82 Å². The zero-order valence-electron chi connectivity index (χ0n) is 17.0. The summed E-state index contributed by atoms with van der Waals surface area (Å²) < 4.78 is 20.1. The van der Waals surface area contributed by atoms with E-state index in [1.54, 1.807) is 11.8 Å². The number of nitrogens with one attached hydrogen (secondary N) is 1. The molecule has 1 aromatic carbocycles. The minimum Gasteiger partial charge on any atom is -0.365 e. The Hall–Kier alpha value is -3.63. The quantitative estimate of drug-likeness (QED) is 0.655. The lowest BCUT2D eigenvalue weighted by molar-refractivity contribution is -0.112. The number of anilines is 2. The topological polar surface area (TPSA) is 136 Å². The van der Waals surface area contributed by atoms with Crippen molar-refractivity contribution < 1.29 is 13.7 Å².